The summed E-state index contributed by atoms with van der Waals surface area (Å²) in [6, 6.07) is 4.26. The molecule has 0 fully saturated rings. The van der Waals surface area contributed by atoms with Gasteiger partial charge in [-0.1, -0.05) is 36.2 Å². The van der Waals surface area contributed by atoms with Gasteiger partial charge in [-0.25, -0.2) is 4.39 Å². The molecule has 1 aromatic carbocycles. The van der Waals surface area contributed by atoms with Gasteiger partial charge >= 0.3 is 0 Å². The Kier molecular flexibility index (Phi) is 5.02. The summed E-state index contributed by atoms with van der Waals surface area (Å²) in [6.45, 7) is 2.78. The second kappa shape index (κ2) is 6.57. The molecule has 0 bridgehead atoms. The average Bonchev–Trinajstić information content (AvgIpc) is 2.75. The highest BCUT2D eigenvalue weighted by atomic mass is 35.5. The van der Waals surface area contributed by atoms with Crippen LogP contribution in [0.15, 0.2) is 24.4 Å². The molecule has 3 nitrogen and oxygen atoms in total. The molecule has 2 aromatic rings. The van der Waals surface area contributed by atoms with Gasteiger partial charge in [0.2, 0.25) is 0 Å². The number of aromatic nitrogens is 2. The zero-order valence-electron chi connectivity index (χ0n) is 11.3. The molecular weight excluding hydrogens is 300 g/mol. The third-order valence-corrected chi connectivity index (χ3v) is 3.63. The molecule has 6 heteroatoms. The first-order valence-electron chi connectivity index (χ1n) is 6.41. The van der Waals surface area contributed by atoms with Crippen molar-refractivity contribution in [2.45, 2.75) is 25.9 Å². The van der Waals surface area contributed by atoms with Crippen molar-refractivity contribution in [2.24, 2.45) is 0 Å². The van der Waals surface area contributed by atoms with E-state index in [0.717, 1.165) is 18.7 Å². The lowest BCUT2D eigenvalue weighted by atomic mass is 10.0. The van der Waals surface area contributed by atoms with E-state index in [1.54, 1.807) is 30.1 Å². The van der Waals surface area contributed by atoms with Crippen molar-refractivity contribution >= 4 is 23.2 Å². The van der Waals surface area contributed by atoms with Gasteiger partial charge in [-0.2, -0.15) is 5.10 Å². The Morgan fingerprint density at radius 1 is 1.40 bits per heavy atom. The monoisotopic (exact) mass is 315 g/mol. The van der Waals surface area contributed by atoms with Gasteiger partial charge in [0, 0.05) is 17.1 Å². The fraction of sp³-hybridized carbons (Fsp3) is 0.357. The Morgan fingerprint density at radius 2 is 2.15 bits per heavy atom. The minimum absolute atomic E-state index is 0.364. The fourth-order valence-corrected chi connectivity index (χ4v) is 2.63. The van der Waals surface area contributed by atoms with Crippen molar-refractivity contribution in [2.75, 3.05) is 7.05 Å². The summed E-state index contributed by atoms with van der Waals surface area (Å²) in [5.41, 5.74) is 1.26. The second-order valence-corrected chi connectivity index (χ2v) is 5.33. The number of halogens is 3. The molecule has 1 atom stereocenters. The second-order valence-electron chi connectivity index (χ2n) is 4.49. The van der Waals surface area contributed by atoms with E-state index in [-0.39, 0.29) is 11.9 Å². The molecule has 108 valence electrons. The molecule has 0 saturated heterocycles. The van der Waals surface area contributed by atoms with Crippen molar-refractivity contribution < 1.29 is 4.39 Å². The van der Waals surface area contributed by atoms with Gasteiger partial charge in [0.05, 0.1) is 23.0 Å². The Bertz CT molecular complexity index is 598. The molecule has 1 N–H and O–H groups in total. The minimum atomic E-state index is -0.367. The van der Waals surface area contributed by atoms with Crippen LogP contribution in [0.4, 0.5) is 4.39 Å². The van der Waals surface area contributed by atoms with Gasteiger partial charge in [-0.3, -0.25) is 4.68 Å². The van der Waals surface area contributed by atoms with Crippen LogP contribution in [0.2, 0.25) is 10.0 Å². The highest BCUT2D eigenvalue weighted by Gasteiger charge is 2.23. The maximum atomic E-state index is 14.1. The van der Waals surface area contributed by atoms with Gasteiger partial charge in [-0.05, 0) is 25.6 Å². The van der Waals surface area contributed by atoms with Gasteiger partial charge in [0.15, 0.2) is 0 Å². The van der Waals surface area contributed by atoms with Crippen molar-refractivity contribution in [3.63, 3.8) is 0 Å². The Labute approximate surface area is 127 Å². The Balaban J connectivity index is 2.49. The van der Waals surface area contributed by atoms with E-state index in [9.17, 15) is 4.39 Å². The number of rotatable bonds is 5. The molecule has 0 aliphatic carbocycles. The average molecular weight is 316 g/mol. The van der Waals surface area contributed by atoms with Crippen LogP contribution in [0.1, 0.15) is 30.6 Å². The normalized spacial score (nSPS) is 12.7. The molecule has 0 saturated carbocycles. The number of nitrogens with one attached hydrogen (secondary N) is 1. The van der Waals surface area contributed by atoms with Crippen LogP contribution in [0.25, 0.3) is 0 Å². The van der Waals surface area contributed by atoms with Gasteiger partial charge in [0.25, 0.3) is 0 Å². The first-order chi connectivity index (χ1) is 9.58. The summed E-state index contributed by atoms with van der Waals surface area (Å²) in [5, 5.41) is 8.23. The predicted octanol–water partition coefficient (Wildman–Crippen LogP) is 4.05. The maximum absolute atomic E-state index is 14.1. The van der Waals surface area contributed by atoms with Gasteiger partial charge in [-0.15, -0.1) is 0 Å². The zero-order chi connectivity index (χ0) is 14.7. The predicted molar refractivity (Wildman–Crippen MR) is 79.8 cm³/mol. The third-order valence-electron chi connectivity index (χ3n) is 3.10. The summed E-state index contributed by atoms with van der Waals surface area (Å²) in [4.78, 5) is 0. The van der Waals surface area contributed by atoms with Crippen molar-refractivity contribution in [1.29, 1.82) is 0 Å². The third kappa shape index (κ3) is 2.97. The molecule has 2 rings (SSSR count). The van der Waals surface area contributed by atoms with Crippen molar-refractivity contribution in [3.8, 4) is 0 Å². The van der Waals surface area contributed by atoms with Crippen LogP contribution in [0.5, 0.6) is 0 Å². The molecular formula is C14H16Cl2FN3. The fourth-order valence-electron chi connectivity index (χ4n) is 2.22. The lowest BCUT2D eigenvalue weighted by Crippen LogP contribution is -2.23. The number of benzene rings is 1. The quantitative estimate of drug-likeness (QED) is 0.902. The minimum Gasteiger partial charge on any atom is -0.308 e. The van der Waals surface area contributed by atoms with Crippen LogP contribution in [-0.2, 0) is 6.54 Å². The topological polar surface area (TPSA) is 29.9 Å². The molecule has 20 heavy (non-hydrogen) atoms. The van der Waals surface area contributed by atoms with E-state index in [2.05, 4.69) is 17.3 Å². The van der Waals surface area contributed by atoms with E-state index >= 15 is 0 Å². The SMILES string of the molecule is CCCn1ncc(Cl)c1C(NC)c1ccc(Cl)cc1F. The molecule has 0 radical (unpaired) electrons. The van der Waals surface area contributed by atoms with E-state index in [0.29, 0.717) is 15.6 Å². The summed E-state index contributed by atoms with van der Waals surface area (Å²) < 4.78 is 15.9. The molecule has 0 aliphatic rings. The molecule has 0 amide bonds. The largest absolute Gasteiger partial charge is 0.308 e. The first kappa shape index (κ1) is 15.3. The lowest BCUT2D eigenvalue weighted by Gasteiger charge is -2.19. The van der Waals surface area contributed by atoms with Crippen LogP contribution >= 0.6 is 23.2 Å². The van der Waals surface area contributed by atoms with Crippen LogP contribution in [0.3, 0.4) is 0 Å². The summed E-state index contributed by atoms with van der Waals surface area (Å²) in [7, 11) is 1.76. The molecule has 1 heterocycles. The molecule has 0 aliphatic heterocycles. The number of aryl methyl sites for hydroxylation is 1. The number of hydrogen-bond acceptors (Lipinski definition) is 2. The van der Waals surface area contributed by atoms with E-state index in [4.69, 9.17) is 23.2 Å². The smallest absolute Gasteiger partial charge is 0.129 e. The van der Waals surface area contributed by atoms with E-state index < -0.39 is 0 Å². The van der Waals surface area contributed by atoms with E-state index in [1.165, 1.54) is 6.07 Å². The van der Waals surface area contributed by atoms with Crippen molar-refractivity contribution in [3.05, 3.63) is 51.5 Å². The summed E-state index contributed by atoms with van der Waals surface area (Å²) >= 11 is 12.0. The number of hydrogen-bond donors (Lipinski definition) is 1. The summed E-state index contributed by atoms with van der Waals surface area (Å²) in [5.74, 6) is -0.364. The first-order valence-corrected chi connectivity index (χ1v) is 7.17. The van der Waals surface area contributed by atoms with Crippen LogP contribution < -0.4 is 5.32 Å². The van der Waals surface area contributed by atoms with Gasteiger partial charge < -0.3 is 5.32 Å². The standard InChI is InChI=1S/C14H16Cl2FN3/c1-3-6-20-14(11(16)8-19-20)13(18-2)10-5-4-9(15)7-12(10)17/h4-5,7-8,13,18H,3,6H2,1-2H3. The van der Waals surface area contributed by atoms with Crippen molar-refractivity contribution in [1.82, 2.24) is 15.1 Å². The van der Waals surface area contributed by atoms with Gasteiger partial charge in [0.1, 0.15) is 5.82 Å². The molecule has 0 spiro atoms. The zero-order valence-corrected chi connectivity index (χ0v) is 12.8. The Hall–Kier alpha value is -1.10. The summed E-state index contributed by atoms with van der Waals surface area (Å²) in [6.07, 6.45) is 2.51. The molecule has 1 unspecified atom stereocenters. The molecule has 1 aromatic heterocycles. The maximum Gasteiger partial charge on any atom is 0.129 e. The lowest BCUT2D eigenvalue weighted by molar-refractivity contribution is 0.516. The van der Waals surface area contributed by atoms with Crippen LogP contribution in [-0.4, -0.2) is 16.8 Å². The Morgan fingerprint density at radius 3 is 2.75 bits per heavy atom. The number of nitrogens with zero attached hydrogens (tertiary/aromatic N) is 2. The highest BCUT2D eigenvalue weighted by Crippen LogP contribution is 2.30. The highest BCUT2D eigenvalue weighted by molar-refractivity contribution is 6.31. The van der Waals surface area contributed by atoms with Crippen LogP contribution in [0, 0.1) is 5.82 Å². The van der Waals surface area contributed by atoms with E-state index in [1.807, 2.05) is 0 Å².